The highest BCUT2D eigenvalue weighted by molar-refractivity contribution is 5.74. The molecule has 1 aromatic heterocycles. The molecule has 0 bridgehead atoms. The van der Waals surface area contributed by atoms with Gasteiger partial charge in [-0.05, 0) is 38.5 Å². The first-order valence-electron chi connectivity index (χ1n) is 10.1. The van der Waals surface area contributed by atoms with Crippen LogP contribution in [0, 0.1) is 13.8 Å². The van der Waals surface area contributed by atoms with Crippen LogP contribution in [0.4, 0.5) is 4.79 Å². The van der Waals surface area contributed by atoms with Crippen molar-refractivity contribution in [3.63, 3.8) is 0 Å². The third-order valence-electron chi connectivity index (χ3n) is 5.01. The molecule has 2 aromatic rings. The number of carbonyl (C=O) groups is 1. The summed E-state index contributed by atoms with van der Waals surface area (Å²) >= 11 is 0. The molecule has 0 spiro atoms. The first-order chi connectivity index (χ1) is 13.6. The lowest BCUT2D eigenvalue weighted by atomic mass is 10.3. The topological polar surface area (TPSA) is 62.6 Å². The fourth-order valence-electron chi connectivity index (χ4n) is 3.42. The van der Waals surface area contributed by atoms with Crippen molar-refractivity contribution in [3.8, 4) is 5.75 Å². The summed E-state index contributed by atoms with van der Waals surface area (Å²) in [5.74, 6) is 0.904. The number of aryl methyl sites for hydroxylation is 3. The number of para-hydroxylation sites is 1. The van der Waals surface area contributed by atoms with Crippen LogP contribution in [0.2, 0.25) is 0 Å². The number of piperazine rings is 1. The Morgan fingerprint density at radius 3 is 2.54 bits per heavy atom. The van der Waals surface area contributed by atoms with Crippen molar-refractivity contribution in [1.29, 1.82) is 0 Å². The van der Waals surface area contributed by atoms with E-state index in [2.05, 4.69) is 28.3 Å². The van der Waals surface area contributed by atoms with Crippen LogP contribution >= 0.6 is 0 Å². The Morgan fingerprint density at radius 2 is 1.86 bits per heavy atom. The minimum atomic E-state index is 0.0357. The van der Waals surface area contributed by atoms with Gasteiger partial charge in [-0.1, -0.05) is 18.2 Å². The summed E-state index contributed by atoms with van der Waals surface area (Å²) in [4.78, 5) is 16.6. The number of hydrogen-bond acceptors (Lipinski definition) is 4. The highest BCUT2D eigenvalue weighted by Crippen LogP contribution is 2.09. The molecule has 1 N–H and O–H groups in total. The zero-order valence-electron chi connectivity index (χ0n) is 16.9. The first kappa shape index (κ1) is 20.2. The second kappa shape index (κ2) is 10.1. The molecular formula is C21H31N5O2. The first-order valence-corrected chi connectivity index (χ1v) is 10.1. The van der Waals surface area contributed by atoms with Crippen molar-refractivity contribution < 1.29 is 9.53 Å². The van der Waals surface area contributed by atoms with E-state index in [0.29, 0.717) is 13.2 Å². The molecule has 0 aliphatic carbocycles. The number of carbonyl (C=O) groups excluding carboxylic acids is 1. The zero-order valence-corrected chi connectivity index (χ0v) is 16.9. The van der Waals surface area contributed by atoms with Crippen molar-refractivity contribution >= 4 is 6.03 Å². The van der Waals surface area contributed by atoms with E-state index in [9.17, 15) is 4.79 Å². The Balaban J connectivity index is 1.27. The number of nitrogens with zero attached hydrogens (tertiary/aromatic N) is 4. The van der Waals surface area contributed by atoms with E-state index < -0.39 is 0 Å². The number of rotatable bonds is 8. The standard InChI is InChI=1S/C21H31N5O2/c1-18-17-19(2)26(23-18)10-6-9-22-21(27)25-13-11-24(12-14-25)15-16-28-20-7-4-3-5-8-20/h3-5,7-8,17H,6,9-16H2,1-2H3,(H,22,27). The van der Waals surface area contributed by atoms with Crippen molar-refractivity contribution in [2.75, 3.05) is 45.9 Å². The molecule has 0 atom stereocenters. The second-order valence-corrected chi connectivity index (χ2v) is 7.23. The fourth-order valence-corrected chi connectivity index (χ4v) is 3.42. The van der Waals surface area contributed by atoms with Gasteiger partial charge < -0.3 is 15.0 Å². The molecule has 28 heavy (non-hydrogen) atoms. The van der Waals surface area contributed by atoms with Crippen LogP contribution in [0.3, 0.4) is 0 Å². The average molecular weight is 386 g/mol. The van der Waals surface area contributed by atoms with E-state index in [1.807, 2.05) is 46.8 Å². The molecule has 3 rings (SSSR count). The van der Waals surface area contributed by atoms with Gasteiger partial charge in [-0.25, -0.2) is 4.79 Å². The summed E-state index contributed by atoms with van der Waals surface area (Å²) in [6.07, 6.45) is 0.879. The maximum atomic E-state index is 12.3. The summed E-state index contributed by atoms with van der Waals surface area (Å²) in [6, 6.07) is 12.0. The zero-order chi connectivity index (χ0) is 19.8. The molecular weight excluding hydrogens is 354 g/mol. The van der Waals surface area contributed by atoms with Crippen LogP contribution in [0.5, 0.6) is 5.75 Å². The Morgan fingerprint density at radius 1 is 1.11 bits per heavy atom. The molecule has 1 aromatic carbocycles. The maximum absolute atomic E-state index is 12.3. The molecule has 7 nitrogen and oxygen atoms in total. The van der Waals surface area contributed by atoms with E-state index in [1.165, 1.54) is 0 Å². The number of hydrogen-bond donors (Lipinski definition) is 1. The molecule has 0 saturated carbocycles. The normalized spacial score (nSPS) is 14.9. The van der Waals surface area contributed by atoms with Crippen molar-refractivity contribution in [2.45, 2.75) is 26.8 Å². The third kappa shape index (κ3) is 5.99. The Hall–Kier alpha value is -2.54. The van der Waals surface area contributed by atoms with Crippen LogP contribution in [-0.4, -0.2) is 71.5 Å². The largest absolute Gasteiger partial charge is 0.492 e. The van der Waals surface area contributed by atoms with Crippen LogP contribution in [0.25, 0.3) is 0 Å². The molecule has 0 unspecified atom stereocenters. The number of aromatic nitrogens is 2. The average Bonchev–Trinajstić information content (AvgIpc) is 3.03. The minimum absolute atomic E-state index is 0.0357. The van der Waals surface area contributed by atoms with E-state index in [1.54, 1.807) is 0 Å². The Kier molecular flexibility index (Phi) is 7.31. The fraction of sp³-hybridized carbons (Fsp3) is 0.524. The highest BCUT2D eigenvalue weighted by Gasteiger charge is 2.20. The summed E-state index contributed by atoms with van der Waals surface area (Å²) in [7, 11) is 0. The smallest absolute Gasteiger partial charge is 0.317 e. The van der Waals surface area contributed by atoms with Gasteiger partial charge in [-0.3, -0.25) is 9.58 Å². The molecule has 2 amide bonds. The van der Waals surface area contributed by atoms with E-state index >= 15 is 0 Å². The van der Waals surface area contributed by atoms with Gasteiger partial charge in [0.15, 0.2) is 0 Å². The van der Waals surface area contributed by atoms with Gasteiger partial charge >= 0.3 is 6.03 Å². The van der Waals surface area contributed by atoms with Gasteiger partial charge in [0, 0.05) is 51.5 Å². The van der Waals surface area contributed by atoms with Crippen LogP contribution in [0.1, 0.15) is 17.8 Å². The highest BCUT2D eigenvalue weighted by atomic mass is 16.5. The Labute approximate surface area is 167 Å². The van der Waals surface area contributed by atoms with Crippen LogP contribution in [0.15, 0.2) is 36.4 Å². The van der Waals surface area contributed by atoms with Crippen LogP contribution < -0.4 is 10.1 Å². The monoisotopic (exact) mass is 385 g/mol. The quantitative estimate of drug-likeness (QED) is 0.709. The predicted molar refractivity (Wildman–Crippen MR) is 110 cm³/mol. The molecule has 7 heteroatoms. The molecule has 1 aliphatic rings. The number of amides is 2. The maximum Gasteiger partial charge on any atom is 0.317 e. The van der Waals surface area contributed by atoms with Crippen molar-refractivity contribution in [3.05, 3.63) is 47.8 Å². The van der Waals surface area contributed by atoms with Crippen molar-refractivity contribution in [2.24, 2.45) is 0 Å². The third-order valence-corrected chi connectivity index (χ3v) is 5.01. The van der Waals surface area contributed by atoms with Gasteiger partial charge in [0.25, 0.3) is 0 Å². The molecule has 1 saturated heterocycles. The summed E-state index contributed by atoms with van der Waals surface area (Å²) in [5.41, 5.74) is 2.20. The number of nitrogens with one attached hydrogen (secondary N) is 1. The van der Waals surface area contributed by atoms with E-state index in [-0.39, 0.29) is 6.03 Å². The van der Waals surface area contributed by atoms with E-state index in [4.69, 9.17) is 4.74 Å². The van der Waals surface area contributed by atoms with Gasteiger partial charge in [-0.15, -0.1) is 0 Å². The van der Waals surface area contributed by atoms with Gasteiger partial charge in [0.05, 0.1) is 5.69 Å². The second-order valence-electron chi connectivity index (χ2n) is 7.23. The van der Waals surface area contributed by atoms with Gasteiger partial charge in [-0.2, -0.15) is 5.10 Å². The van der Waals surface area contributed by atoms with Crippen molar-refractivity contribution in [1.82, 2.24) is 24.9 Å². The van der Waals surface area contributed by atoms with E-state index in [0.717, 1.165) is 62.8 Å². The molecule has 1 aliphatic heterocycles. The van der Waals surface area contributed by atoms with Gasteiger partial charge in [0.1, 0.15) is 12.4 Å². The number of urea groups is 1. The number of benzene rings is 1. The van der Waals surface area contributed by atoms with Gasteiger partial charge in [0.2, 0.25) is 0 Å². The minimum Gasteiger partial charge on any atom is -0.492 e. The van der Waals surface area contributed by atoms with Crippen LogP contribution in [-0.2, 0) is 6.54 Å². The molecule has 2 heterocycles. The predicted octanol–water partition coefficient (Wildman–Crippen LogP) is 2.30. The summed E-state index contributed by atoms with van der Waals surface area (Å²) < 4.78 is 7.75. The lowest BCUT2D eigenvalue weighted by molar-refractivity contribution is 0.126. The number of ether oxygens (including phenoxy) is 1. The molecule has 0 radical (unpaired) electrons. The SMILES string of the molecule is Cc1cc(C)n(CCCNC(=O)N2CCN(CCOc3ccccc3)CC2)n1. The summed E-state index contributed by atoms with van der Waals surface area (Å²) in [6.45, 7) is 10.4. The Bertz CT molecular complexity index is 739. The lowest BCUT2D eigenvalue weighted by Crippen LogP contribution is -2.52. The lowest BCUT2D eigenvalue weighted by Gasteiger charge is -2.34. The molecule has 152 valence electrons. The molecule has 1 fully saturated rings. The summed E-state index contributed by atoms with van der Waals surface area (Å²) in [5, 5.41) is 7.48.